The highest BCUT2D eigenvalue weighted by Gasteiger charge is 2.24. The van der Waals surface area contributed by atoms with Crippen molar-refractivity contribution < 1.29 is 9.59 Å². The number of nitrogens with zero attached hydrogens (tertiary/aromatic N) is 3. The van der Waals surface area contributed by atoms with Crippen molar-refractivity contribution in [3.05, 3.63) is 0 Å². The molecular formula is C5H9N5O2. The summed E-state index contributed by atoms with van der Waals surface area (Å²) < 4.78 is 0. The highest BCUT2D eigenvalue weighted by molar-refractivity contribution is 5.91. The predicted molar refractivity (Wildman–Crippen MR) is 40.8 cm³/mol. The number of hydrogen-bond donors (Lipinski definition) is 2. The summed E-state index contributed by atoms with van der Waals surface area (Å²) >= 11 is 0. The van der Waals surface area contributed by atoms with E-state index in [-0.39, 0.29) is 0 Å². The fourth-order valence-electron chi connectivity index (χ4n) is 0.871. The molecule has 0 saturated heterocycles. The summed E-state index contributed by atoms with van der Waals surface area (Å²) in [6.07, 6.45) is 2.23. The van der Waals surface area contributed by atoms with Crippen molar-refractivity contribution in [1.29, 1.82) is 0 Å². The molecule has 4 amide bonds. The topological polar surface area (TPSA) is 105 Å². The molecule has 66 valence electrons. The Bertz CT molecular complexity index is 224. The molecule has 1 rings (SSSR count). The van der Waals surface area contributed by atoms with Crippen molar-refractivity contribution >= 4 is 18.3 Å². The fraction of sp³-hybridized carbons (Fsp3) is 0.400. The Balaban J connectivity index is 2.71. The van der Waals surface area contributed by atoms with E-state index in [1.165, 1.54) is 0 Å². The minimum absolute atomic E-state index is 0.436. The van der Waals surface area contributed by atoms with Gasteiger partial charge in [0.05, 0.1) is 6.54 Å². The molecule has 7 heteroatoms. The molecule has 0 bridgehead atoms. The van der Waals surface area contributed by atoms with Gasteiger partial charge in [0, 0.05) is 12.6 Å². The minimum atomic E-state index is -0.929. The molecule has 7 nitrogen and oxygen atoms in total. The first-order valence-electron chi connectivity index (χ1n) is 3.32. The summed E-state index contributed by atoms with van der Waals surface area (Å²) in [5.74, 6) is 0. The maximum absolute atomic E-state index is 10.7. The first-order chi connectivity index (χ1) is 5.63. The van der Waals surface area contributed by atoms with E-state index in [1.807, 2.05) is 0 Å². The van der Waals surface area contributed by atoms with Crippen LogP contribution in [0.2, 0.25) is 0 Å². The number of amides is 4. The Morgan fingerprint density at radius 2 is 2.00 bits per heavy atom. The predicted octanol–water partition coefficient (Wildman–Crippen LogP) is -0.948. The van der Waals surface area contributed by atoms with E-state index in [9.17, 15) is 9.59 Å². The van der Waals surface area contributed by atoms with Crippen LogP contribution in [0.15, 0.2) is 5.10 Å². The number of urea groups is 2. The highest BCUT2D eigenvalue weighted by Crippen LogP contribution is 2.04. The standard InChI is InChI=1S/C5H9N5O2/c6-4(11)10(5(7)12)9-3-1-2-8-9/h2H,1,3H2,(H2,6,11)(H2,7,12). The fourth-order valence-corrected chi connectivity index (χ4v) is 0.871. The summed E-state index contributed by atoms with van der Waals surface area (Å²) in [7, 11) is 0. The Morgan fingerprint density at radius 3 is 2.33 bits per heavy atom. The van der Waals surface area contributed by atoms with E-state index in [2.05, 4.69) is 5.10 Å². The van der Waals surface area contributed by atoms with Gasteiger partial charge < -0.3 is 11.5 Å². The van der Waals surface area contributed by atoms with Gasteiger partial charge in [0.1, 0.15) is 0 Å². The molecule has 1 heterocycles. The molecule has 0 unspecified atom stereocenters. The van der Waals surface area contributed by atoms with Gasteiger partial charge in [0.25, 0.3) is 0 Å². The molecule has 0 radical (unpaired) electrons. The average molecular weight is 171 g/mol. The van der Waals surface area contributed by atoms with Crippen LogP contribution < -0.4 is 11.5 Å². The third-order valence-corrected chi connectivity index (χ3v) is 1.32. The molecule has 0 aromatic heterocycles. The summed E-state index contributed by atoms with van der Waals surface area (Å²) in [5, 5.41) is 5.43. The van der Waals surface area contributed by atoms with E-state index < -0.39 is 12.1 Å². The van der Waals surface area contributed by atoms with Crippen LogP contribution in [-0.4, -0.2) is 34.9 Å². The summed E-state index contributed by atoms with van der Waals surface area (Å²) in [6.45, 7) is 0.436. The van der Waals surface area contributed by atoms with E-state index in [0.717, 1.165) is 5.12 Å². The van der Waals surface area contributed by atoms with Crippen molar-refractivity contribution in [3.63, 3.8) is 0 Å². The summed E-state index contributed by atoms with van der Waals surface area (Å²) in [5.41, 5.74) is 9.78. The molecule has 0 fully saturated rings. The Kier molecular flexibility index (Phi) is 2.13. The first kappa shape index (κ1) is 8.31. The highest BCUT2D eigenvalue weighted by atomic mass is 16.2. The molecule has 0 aliphatic carbocycles. The zero-order chi connectivity index (χ0) is 9.14. The van der Waals surface area contributed by atoms with E-state index in [0.29, 0.717) is 18.0 Å². The lowest BCUT2D eigenvalue weighted by atomic mass is 10.5. The van der Waals surface area contributed by atoms with E-state index in [4.69, 9.17) is 11.5 Å². The molecule has 0 aromatic rings. The molecule has 1 aliphatic rings. The summed E-state index contributed by atoms with van der Waals surface area (Å²) in [6, 6.07) is -1.86. The van der Waals surface area contributed by atoms with Crippen LogP contribution in [0.3, 0.4) is 0 Å². The van der Waals surface area contributed by atoms with Crippen LogP contribution in [0, 0.1) is 0 Å². The second kappa shape index (κ2) is 3.07. The number of hydrogen-bond acceptors (Lipinski definition) is 4. The molecule has 0 saturated carbocycles. The lowest BCUT2D eigenvalue weighted by molar-refractivity contribution is 0.0650. The Hall–Kier alpha value is -1.79. The van der Waals surface area contributed by atoms with Gasteiger partial charge in [-0.2, -0.15) is 10.2 Å². The zero-order valence-corrected chi connectivity index (χ0v) is 6.30. The Morgan fingerprint density at radius 1 is 1.42 bits per heavy atom. The number of rotatable bonds is 1. The van der Waals surface area contributed by atoms with Gasteiger partial charge in [-0.3, -0.25) is 0 Å². The number of carbonyl (C=O) groups is 2. The average Bonchev–Trinajstić information content (AvgIpc) is 2.37. The van der Waals surface area contributed by atoms with Crippen LogP contribution in [-0.2, 0) is 0 Å². The minimum Gasteiger partial charge on any atom is -0.350 e. The van der Waals surface area contributed by atoms with Crippen molar-refractivity contribution in [1.82, 2.24) is 10.1 Å². The van der Waals surface area contributed by atoms with Crippen molar-refractivity contribution in [2.75, 3.05) is 6.54 Å². The summed E-state index contributed by atoms with van der Waals surface area (Å²) in [4.78, 5) is 21.3. The smallest absolute Gasteiger partial charge is 0.343 e. The van der Waals surface area contributed by atoms with Gasteiger partial charge in [0.2, 0.25) is 0 Å². The first-order valence-corrected chi connectivity index (χ1v) is 3.32. The number of primary amides is 2. The van der Waals surface area contributed by atoms with Crippen molar-refractivity contribution in [3.8, 4) is 0 Å². The SMILES string of the molecule is NC(=O)N(C(N)=O)N1CCC=N1. The van der Waals surface area contributed by atoms with Gasteiger partial charge in [0.15, 0.2) is 0 Å². The molecular weight excluding hydrogens is 162 g/mol. The molecule has 12 heavy (non-hydrogen) atoms. The third-order valence-electron chi connectivity index (χ3n) is 1.32. The van der Waals surface area contributed by atoms with Crippen LogP contribution in [0.4, 0.5) is 9.59 Å². The second-order valence-electron chi connectivity index (χ2n) is 2.17. The number of hydrazine groups is 1. The number of carbonyl (C=O) groups excluding carboxylic acids is 2. The largest absolute Gasteiger partial charge is 0.350 e. The lowest BCUT2D eigenvalue weighted by Crippen LogP contribution is -2.51. The maximum atomic E-state index is 10.7. The number of imide groups is 1. The third kappa shape index (κ3) is 1.44. The van der Waals surface area contributed by atoms with Crippen LogP contribution in [0.5, 0.6) is 0 Å². The monoisotopic (exact) mass is 171 g/mol. The Labute approximate surface area is 68.6 Å². The number of hydrazone groups is 1. The van der Waals surface area contributed by atoms with Crippen LogP contribution in [0.25, 0.3) is 0 Å². The van der Waals surface area contributed by atoms with Gasteiger partial charge in [-0.25, -0.2) is 9.59 Å². The van der Waals surface area contributed by atoms with Crippen LogP contribution >= 0.6 is 0 Å². The van der Waals surface area contributed by atoms with Gasteiger partial charge in [-0.05, 0) is 0 Å². The molecule has 4 N–H and O–H groups in total. The second-order valence-corrected chi connectivity index (χ2v) is 2.17. The van der Waals surface area contributed by atoms with Crippen molar-refractivity contribution in [2.24, 2.45) is 16.6 Å². The van der Waals surface area contributed by atoms with Crippen molar-refractivity contribution in [2.45, 2.75) is 6.42 Å². The molecule has 0 atom stereocenters. The van der Waals surface area contributed by atoms with Crippen LogP contribution in [0.1, 0.15) is 6.42 Å². The van der Waals surface area contributed by atoms with Gasteiger partial charge in [-0.15, -0.1) is 5.01 Å². The maximum Gasteiger partial charge on any atom is 0.343 e. The zero-order valence-electron chi connectivity index (χ0n) is 6.30. The molecule has 0 spiro atoms. The van der Waals surface area contributed by atoms with Gasteiger partial charge >= 0.3 is 12.1 Å². The van der Waals surface area contributed by atoms with E-state index >= 15 is 0 Å². The lowest BCUT2D eigenvalue weighted by Gasteiger charge is -2.23. The van der Waals surface area contributed by atoms with Gasteiger partial charge in [-0.1, -0.05) is 0 Å². The molecule has 0 aromatic carbocycles. The normalized spacial score (nSPS) is 14.8. The number of nitrogens with two attached hydrogens (primary N) is 2. The quantitative estimate of drug-likeness (QED) is 0.531. The van der Waals surface area contributed by atoms with E-state index in [1.54, 1.807) is 6.21 Å². The molecule has 1 aliphatic heterocycles.